The van der Waals surface area contributed by atoms with E-state index in [4.69, 9.17) is 20.9 Å². The van der Waals surface area contributed by atoms with E-state index in [9.17, 15) is 97.7 Å². The molecule has 0 aromatic carbocycles. The van der Waals surface area contributed by atoms with Crippen LogP contribution < -0.4 is 20.9 Å². The number of anilines is 1. The number of ether oxygens (including phenoxy) is 4. The summed E-state index contributed by atoms with van der Waals surface area (Å²) in [4.78, 5) is 85.0. The molecule has 0 amide bonds. The topological polar surface area (TPSA) is 347 Å². The third-order valence-electron chi connectivity index (χ3n) is 21.0. The van der Waals surface area contributed by atoms with Gasteiger partial charge in [0.15, 0.2) is 24.8 Å². The highest BCUT2D eigenvalue weighted by Crippen LogP contribution is 2.54. The lowest BCUT2D eigenvalue weighted by Crippen LogP contribution is -2.62. The number of nitrogens with two attached hydrogens (primary N) is 2. The molecule has 24 nitrogen and oxygen atoms in total. The van der Waals surface area contributed by atoms with Crippen molar-refractivity contribution in [1.82, 2.24) is 24.9 Å². The Balaban J connectivity index is 0.000000210. The van der Waals surface area contributed by atoms with Crippen molar-refractivity contribution in [3.05, 3.63) is 130 Å². The number of alkyl halides is 14. The number of Topliss-reactive ketones (excluding diaryl/α,β-unsaturated/α-hetero) is 2. The van der Waals surface area contributed by atoms with E-state index < -0.39 is 253 Å². The molecular formula is C77H90F17N13O11S3. The third kappa shape index (κ3) is 19.8. The molecule has 666 valence electrons. The normalized spacial score (nSPS) is 27.3. The summed E-state index contributed by atoms with van der Waals surface area (Å²) >= 11 is 0. The monoisotopic (exact) mass is 1790 g/mol. The summed E-state index contributed by atoms with van der Waals surface area (Å²) in [6, 6.07) is 10.9. The summed E-state index contributed by atoms with van der Waals surface area (Å²) in [7, 11) is -10.6. The van der Waals surface area contributed by atoms with E-state index in [1.807, 2.05) is 0 Å². The Labute approximate surface area is 686 Å². The van der Waals surface area contributed by atoms with Crippen molar-refractivity contribution >= 4 is 75.8 Å². The van der Waals surface area contributed by atoms with E-state index in [-0.39, 0.29) is 69.5 Å². The molecule has 0 fully saturated rings. The number of esters is 2. The largest absolute Gasteiger partial charge is 0.485 e. The molecule has 11 rings (SSSR count). The molecule has 5 aromatic heterocycles. The van der Waals surface area contributed by atoms with Crippen LogP contribution in [0.1, 0.15) is 185 Å². The molecular weight excluding hydrogens is 1700 g/mol. The molecule has 0 aliphatic carbocycles. The number of amidine groups is 1. The Kier molecular flexibility index (Phi) is 26.3. The van der Waals surface area contributed by atoms with Crippen LogP contribution in [0.5, 0.6) is 11.5 Å². The number of nitrogen functional groups attached to an aromatic ring is 1. The lowest BCUT2D eigenvalue weighted by atomic mass is 9.87. The number of halogens is 17. The van der Waals surface area contributed by atoms with Gasteiger partial charge in [-0.1, -0.05) is 0 Å². The molecule has 11 heterocycles. The average Bonchev–Trinajstić information content (AvgIpc) is 0.706. The maximum atomic E-state index is 15.6. The highest BCUT2D eigenvalue weighted by molar-refractivity contribution is 7.97. The highest BCUT2D eigenvalue weighted by atomic mass is 32.2. The van der Waals surface area contributed by atoms with E-state index in [0.717, 1.165) is 54.9 Å². The molecule has 6 aliphatic rings. The first-order valence-electron chi connectivity index (χ1n) is 37.2. The fourth-order valence-corrected chi connectivity index (χ4v) is 24.1. The van der Waals surface area contributed by atoms with Crippen molar-refractivity contribution in [3.63, 3.8) is 0 Å². The van der Waals surface area contributed by atoms with Gasteiger partial charge in [0, 0.05) is 42.1 Å². The van der Waals surface area contributed by atoms with E-state index >= 15 is 8.78 Å². The zero-order chi connectivity index (χ0) is 91.0. The number of pyridine rings is 5. The second-order valence-electron chi connectivity index (χ2n) is 33.8. The van der Waals surface area contributed by atoms with Crippen molar-refractivity contribution in [2.75, 3.05) is 38.6 Å². The number of aliphatic imine (C=N–C) groups is 3. The van der Waals surface area contributed by atoms with Crippen LogP contribution in [0.4, 0.5) is 80.5 Å². The van der Waals surface area contributed by atoms with Gasteiger partial charge in [0.2, 0.25) is 0 Å². The van der Waals surface area contributed by atoms with Gasteiger partial charge < -0.3 is 30.4 Å². The molecule has 121 heavy (non-hydrogen) atoms. The van der Waals surface area contributed by atoms with Gasteiger partial charge in [-0.05, 0) is 165 Å². The van der Waals surface area contributed by atoms with Gasteiger partial charge in [0.1, 0.15) is 121 Å². The predicted octanol–water partition coefficient (Wildman–Crippen LogP) is 14.8. The number of hydrogen-bond acceptors (Lipinski definition) is 24. The number of carbonyl (C=O) groups excluding carboxylic acids is 4. The number of nitrogens with zero attached hydrogens (tertiary/aromatic N) is 11. The van der Waals surface area contributed by atoms with Gasteiger partial charge >= 0.3 is 36.6 Å². The van der Waals surface area contributed by atoms with Gasteiger partial charge in [0.05, 0.1) is 92.5 Å². The molecule has 0 saturated heterocycles. The van der Waals surface area contributed by atoms with Crippen LogP contribution in [0, 0.1) is 17.5 Å². The second kappa shape index (κ2) is 33.2. The number of carbonyl (C=O) groups is 4. The van der Waals surface area contributed by atoms with Gasteiger partial charge in [-0.25, -0.2) is 97.7 Å². The molecule has 0 unspecified atom stereocenters. The van der Waals surface area contributed by atoms with E-state index in [2.05, 4.69) is 62.5 Å². The van der Waals surface area contributed by atoms with E-state index in [1.165, 1.54) is 66.7 Å². The van der Waals surface area contributed by atoms with Crippen LogP contribution in [0.2, 0.25) is 0 Å². The third-order valence-corrected chi connectivity index (χ3v) is 31.8. The van der Waals surface area contributed by atoms with Crippen molar-refractivity contribution in [2.24, 2.45) is 33.8 Å². The Hall–Kier alpha value is -9.10. The first-order valence-corrected chi connectivity index (χ1v) is 41.9. The van der Waals surface area contributed by atoms with Gasteiger partial charge in [-0.15, -0.1) is 0 Å². The van der Waals surface area contributed by atoms with Crippen LogP contribution in [0.15, 0.2) is 101 Å². The van der Waals surface area contributed by atoms with Crippen molar-refractivity contribution in [3.8, 4) is 11.5 Å². The Morgan fingerprint density at radius 3 is 1.08 bits per heavy atom. The fourth-order valence-electron chi connectivity index (χ4n) is 14.3. The van der Waals surface area contributed by atoms with Crippen LogP contribution in [0.3, 0.4) is 0 Å². The zero-order valence-corrected chi connectivity index (χ0v) is 70.5. The molecule has 0 radical (unpaired) electrons. The maximum absolute atomic E-state index is 15.6. The van der Waals surface area contributed by atoms with Gasteiger partial charge in [0.25, 0.3) is 17.8 Å². The molecule has 4 N–H and O–H groups in total. The summed E-state index contributed by atoms with van der Waals surface area (Å²) in [6.45, 7) is 16.8. The average molecular weight is 1790 g/mol. The molecule has 6 aliphatic heterocycles. The van der Waals surface area contributed by atoms with Crippen LogP contribution in [-0.4, -0.2) is 195 Å². The number of ketones is 2. The zero-order valence-electron chi connectivity index (χ0n) is 68.0. The maximum Gasteiger partial charge on any atom is 0.340 e. The van der Waals surface area contributed by atoms with Gasteiger partial charge in [-0.2, -0.15) is 17.6 Å². The number of fused-ring (bicyclic) bond motifs is 3. The molecule has 5 aromatic rings. The lowest BCUT2D eigenvalue weighted by Gasteiger charge is -2.49. The van der Waals surface area contributed by atoms with Crippen molar-refractivity contribution in [1.29, 1.82) is 0 Å². The molecule has 0 bridgehead atoms. The van der Waals surface area contributed by atoms with Crippen LogP contribution in [-0.2, 0) is 77.7 Å². The summed E-state index contributed by atoms with van der Waals surface area (Å²) in [5.74, 6) is -25.0. The summed E-state index contributed by atoms with van der Waals surface area (Å²) < 4.78 is 306. The Morgan fingerprint density at radius 2 is 0.769 bits per heavy atom. The molecule has 44 heteroatoms. The number of aromatic nitrogens is 5. The molecule has 0 saturated carbocycles. The SMILES string of the molecule is CC(C)(C)OC(=O)CC1=N[C@](C)(c2nc(CC(=O)c3ccc(OCC(F)(F)C(F)F)cn3)ccc2F)[C@H]2CC(F)(F)CN=[S@]2(=O)C1(C)C.CC(C)(C)OC(=O)CC1=N[C@](C)(c2nc(N)ccc2F)[C@H]2CC(F)(F)CN=[S@]2(=O)C1(C)C.CC1(C)C(N)=N[C@](C)(c2nc(CC(=O)c3ccc(OCC(F)(F)C(F)F)cn3)ccc2F)[C@H]2CC(F)(F)CN=[S@@]21=O. The number of rotatable bonds is 21. The minimum Gasteiger partial charge on any atom is -0.485 e. The van der Waals surface area contributed by atoms with Crippen LogP contribution in [0.25, 0.3) is 0 Å². The quantitative estimate of drug-likeness (QED) is 0.0391. The summed E-state index contributed by atoms with van der Waals surface area (Å²) in [5.41, 5.74) is 2.95. The standard InChI is InChI=1S/C31H35F7N4O5S.C25H26F7N5O3S.C21H29F3N4O3S/c1-27(2,3)47-24(44)12-22-28(4,5)48(45)23(13-30(35,36)15-40-48)29(6,42-22)25-19(32)9-7-17(41-25)11-21(43)20-10-8-18(14-39-20)46-16-31(37,38)26(33)34;1-22(2)21(33)37-23(3,18-9-24(29,30)11-35-41(18,22)39)19-15(26)6-4-13(36-19)8-17(38)16-7-5-14(10-34-16)40-12-25(31,32)20(27)28;1-18(2,3)31-16(29)9-13-19(4,5)32(30)14(10-21(23,24)11-26-32)20(6,28-13)17-12(22)7-8-15(25)27-17/h7-10,14,23,26H,11-13,15-16H2,1-6H3;4-7,10,18,20H,8-9,11-12H2,1-3H3,(H2,33,37);7-8,14H,9-11H2,1-6H3,(H2,25,27)/t23-,29+,48-;18-,23+,41-;14-,20+,32-/m111/s1. The Morgan fingerprint density at radius 1 is 0.455 bits per heavy atom. The van der Waals surface area contributed by atoms with Crippen molar-refractivity contribution < 1.29 is 125 Å². The van der Waals surface area contributed by atoms with E-state index in [1.54, 1.807) is 55.4 Å². The number of hydrogen-bond donors (Lipinski definition) is 2. The smallest absolute Gasteiger partial charge is 0.340 e. The lowest BCUT2D eigenvalue weighted by molar-refractivity contribution is -0.154. The fraction of sp³-hybridized carbons (Fsp3) is 0.584. The summed E-state index contributed by atoms with van der Waals surface area (Å²) in [5, 5.41) is -4.36. The minimum atomic E-state index is -4.40. The first-order chi connectivity index (χ1) is 55.1. The summed E-state index contributed by atoms with van der Waals surface area (Å²) in [6.07, 6.45) is -10.6. The van der Waals surface area contributed by atoms with Crippen LogP contribution >= 0.6 is 0 Å². The van der Waals surface area contributed by atoms with E-state index in [0.29, 0.717) is 0 Å². The van der Waals surface area contributed by atoms with Gasteiger partial charge in [-0.3, -0.25) is 44.1 Å². The predicted molar refractivity (Wildman–Crippen MR) is 413 cm³/mol. The minimum absolute atomic E-state index is 0.00376. The second-order valence-corrected chi connectivity index (χ2v) is 42.8. The highest BCUT2D eigenvalue weighted by Gasteiger charge is 2.65. The molecule has 0 spiro atoms. The van der Waals surface area contributed by atoms with Crippen molar-refractivity contribution in [2.45, 2.75) is 249 Å². The first kappa shape index (κ1) is 95.7. The Bertz CT molecular complexity index is 5370. The molecule has 9 atom stereocenters.